The number of benzene rings is 3. The third-order valence-electron chi connectivity index (χ3n) is 6.02. The lowest BCUT2D eigenvalue weighted by atomic mass is 10.1. The van der Waals surface area contributed by atoms with E-state index in [1.165, 1.54) is 0 Å². The van der Waals surface area contributed by atoms with Crippen LogP contribution in [0.1, 0.15) is 21.5 Å². The van der Waals surface area contributed by atoms with E-state index < -0.39 is 0 Å². The fourth-order valence-corrected chi connectivity index (χ4v) is 4.52. The first kappa shape index (κ1) is 24.3. The molecule has 0 aliphatic carbocycles. The Bertz CT molecular complexity index is 1160. The maximum absolute atomic E-state index is 13.6. The summed E-state index contributed by atoms with van der Waals surface area (Å²) in [5, 5.41) is 0.775. The summed E-state index contributed by atoms with van der Waals surface area (Å²) < 4.78 is 0. The van der Waals surface area contributed by atoms with Gasteiger partial charge in [0.05, 0.1) is 23.6 Å². The Kier molecular flexibility index (Phi) is 7.88. The van der Waals surface area contributed by atoms with Crippen LogP contribution in [-0.4, -0.2) is 54.8 Å². The quantitative estimate of drug-likeness (QED) is 0.474. The van der Waals surface area contributed by atoms with Gasteiger partial charge in [-0.1, -0.05) is 65.7 Å². The van der Waals surface area contributed by atoms with Crippen LogP contribution in [0.5, 0.6) is 0 Å². The molecule has 176 valence electrons. The van der Waals surface area contributed by atoms with Gasteiger partial charge in [0.2, 0.25) is 5.91 Å². The molecule has 2 amide bonds. The molecule has 0 spiro atoms. The van der Waals surface area contributed by atoms with Crippen molar-refractivity contribution in [3.8, 4) is 0 Å². The van der Waals surface area contributed by atoms with E-state index in [4.69, 9.17) is 23.2 Å². The fraction of sp³-hybridized carbons (Fsp3) is 0.259. The zero-order valence-corrected chi connectivity index (χ0v) is 20.6. The summed E-state index contributed by atoms with van der Waals surface area (Å²) >= 11 is 12.4. The Hall–Kier alpha value is -2.86. The fourth-order valence-electron chi connectivity index (χ4n) is 4.03. The van der Waals surface area contributed by atoms with Crippen molar-refractivity contribution < 1.29 is 9.59 Å². The molecular weight excluding hydrogens is 469 g/mol. The summed E-state index contributed by atoms with van der Waals surface area (Å²) in [5.74, 6) is -0.125. The maximum Gasteiger partial charge on any atom is 0.260 e. The van der Waals surface area contributed by atoms with Crippen LogP contribution in [0.2, 0.25) is 10.0 Å². The molecular formula is C27H27Cl2N3O2. The molecule has 3 aromatic rings. The first-order valence-corrected chi connectivity index (χ1v) is 12.0. The van der Waals surface area contributed by atoms with Gasteiger partial charge < -0.3 is 14.7 Å². The van der Waals surface area contributed by atoms with Crippen LogP contribution in [0.3, 0.4) is 0 Å². The second kappa shape index (κ2) is 11.0. The Morgan fingerprint density at radius 3 is 2.26 bits per heavy atom. The lowest BCUT2D eigenvalue weighted by molar-refractivity contribution is -0.132. The monoisotopic (exact) mass is 495 g/mol. The van der Waals surface area contributed by atoms with Gasteiger partial charge in [0.25, 0.3) is 5.91 Å². The topological polar surface area (TPSA) is 43.9 Å². The minimum Gasteiger partial charge on any atom is -0.340 e. The van der Waals surface area contributed by atoms with Gasteiger partial charge in [-0.2, -0.15) is 0 Å². The highest BCUT2D eigenvalue weighted by Crippen LogP contribution is 2.27. The zero-order chi connectivity index (χ0) is 24.1. The molecule has 3 aromatic carbocycles. The van der Waals surface area contributed by atoms with Crippen molar-refractivity contribution in [3.63, 3.8) is 0 Å². The number of carbonyl (C=O) groups is 2. The molecule has 7 heteroatoms. The molecule has 1 heterocycles. The number of halogens is 2. The van der Waals surface area contributed by atoms with E-state index in [0.717, 1.165) is 37.3 Å². The number of carbonyl (C=O) groups excluding carboxylic acids is 2. The van der Waals surface area contributed by atoms with E-state index in [9.17, 15) is 9.59 Å². The zero-order valence-electron chi connectivity index (χ0n) is 19.1. The summed E-state index contributed by atoms with van der Waals surface area (Å²) in [6, 6.07) is 22.3. The van der Waals surface area contributed by atoms with Gasteiger partial charge in [-0.05, 0) is 48.5 Å². The summed E-state index contributed by atoms with van der Waals surface area (Å²) in [4.78, 5) is 32.3. The number of piperazine rings is 1. The SMILES string of the molecule is CN1CCN(C(=O)Cc2cccc(N(Cc3ccccc3)C(=O)c3ccc(Cl)cc3Cl)c2)CC1. The van der Waals surface area contributed by atoms with Crippen LogP contribution in [0, 0.1) is 0 Å². The number of hydrogen-bond acceptors (Lipinski definition) is 3. The van der Waals surface area contributed by atoms with Crippen molar-refractivity contribution in [1.82, 2.24) is 9.80 Å². The number of anilines is 1. The van der Waals surface area contributed by atoms with E-state index >= 15 is 0 Å². The number of rotatable bonds is 6. The van der Waals surface area contributed by atoms with Crippen LogP contribution in [0.15, 0.2) is 72.8 Å². The van der Waals surface area contributed by atoms with E-state index in [1.54, 1.807) is 23.1 Å². The highest BCUT2D eigenvalue weighted by Gasteiger charge is 2.23. The highest BCUT2D eigenvalue weighted by molar-refractivity contribution is 6.37. The van der Waals surface area contributed by atoms with Crippen molar-refractivity contribution >= 4 is 40.7 Å². The maximum atomic E-state index is 13.6. The number of amides is 2. The molecule has 0 unspecified atom stereocenters. The van der Waals surface area contributed by atoms with E-state index in [1.807, 2.05) is 59.5 Å². The average molecular weight is 496 g/mol. The molecule has 0 radical (unpaired) electrons. The van der Waals surface area contributed by atoms with Crippen LogP contribution in [0.25, 0.3) is 0 Å². The lowest BCUT2D eigenvalue weighted by Crippen LogP contribution is -2.47. The predicted molar refractivity (Wildman–Crippen MR) is 138 cm³/mol. The van der Waals surface area contributed by atoms with E-state index in [-0.39, 0.29) is 11.8 Å². The molecule has 0 bridgehead atoms. The smallest absolute Gasteiger partial charge is 0.260 e. The van der Waals surface area contributed by atoms with Gasteiger partial charge in [0, 0.05) is 36.9 Å². The number of hydrogen-bond donors (Lipinski definition) is 0. The summed E-state index contributed by atoms with van der Waals surface area (Å²) in [6.45, 7) is 3.61. The highest BCUT2D eigenvalue weighted by atomic mass is 35.5. The molecule has 0 N–H and O–H groups in total. The van der Waals surface area contributed by atoms with E-state index in [0.29, 0.717) is 34.3 Å². The van der Waals surface area contributed by atoms with Gasteiger partial charge >= 0.3 is 0 Å². The van der Waals surface area contributed by atoms with Gasteiger partial charge in [-0.15, -0.1) is 0 Å². The van der Waals surface area contributed by atoms with Crippen molar-refractivity contribution in [2.75, 3.05) is 38.1 Å². The third-order valence-corrected chi connectivity index (χ3v) is 6.57. The third kappa shape index (κ3) is 5.98. The van der Waals surface area contributed by atoms with Crippen LogP contribution < -0.4 is 4.90 Å². The van der Waals surface area contributed by atoms with Crippen molar-refractivity contribution in [2.45, 2.75) is 13.0 Å². The molecule has 5 nitrogen and oxygen atoms in total. The summed E-state index contributed by atoms with van der Waals surface area (Å²) in [6.07, 6.45) is 0.298. The first-order valence-electron chi connectivity index (χ1n) is 11.3. The average Bonchev–Trinajstić information content (AvgIpc) is 2.83. The largest absolute Gasteiger partial charge is 0.340 e. The van der Waals surface area contributed by atoms with Crippen LogP contribution in [-0.2, 0) is 17.8 Å². The van der Waals surface area contributed by atoms with Crippen molar-refractivity contribution in [2.24, 2.45) is 0 Å². The molecule has 1 saturated heterocycles. The van der Waals surface area contributed by atoms with Gasteiger partial charge in [-0.25, -0.2) is 0 Å². The molecule has 1 aliphatic rings. The second-order valence-electron chi connectivity index (χ2n) is 8.53. The Labute approximate surface area is 210 Å². The predicted octanol–water partition coefficient (Wildman–Crippen LogP) is 5.16. The number of nitrogens with zero attached hydrogens (tertiary/aromatic N) is 3. The summed E-state index contributed by atoms with van der Waals surface area (Å²) in [5.41, 5.74) is 2.94. The molecule has 4 rings (SSSR count). The van der Waals surface area contributed by atoms with Gasteiger partial charge in [0.1, 0.15) is 0 Å². The minimum absolute atomic E-state index is 0.104. The molecule has 0 aromatic heterocycles. The van der Waals surface area contributed by atoms with Crippen molar-refractivity contribution in [3.05, 3.63) is 99.5 Å². The Morgan fingerprint density at radius 1 is 0.853 bits per heavy atom. The van der Waals surface area contributed by atoms with Crippen LogP contribution >= 0.6 is 23.2 Å². The van der Waals surface area contributed by atoms with E-state index in [2.05, 4.69) is 11.9 Å². The van der Waals surface area contributed by atoms with Gasteiger partial charge in [-0.3, -0.25) is 9.59 Å². The second-order valence-corrected chi connectivity index (χ2v) is 9.38. The summed E-state index contributed by atoms with van der Waals surface area (Å²) in [7, 11) is 2.07. The van der Waals surface area contributed by atoms with Crippen LogP contribution in [0.4, 0.5) is 5.69 Å². The Balaban J connectivity index is 1.60. The number of likely N-dealkylation sites (N-methyl/N-ethyl adjacent to an activating group) is 1. The molecule has 34 heavy (non-hydrogen) atoms. The molecule has 0 saturated carbocycles. The molecule has 1 fully saturated rings. The van der Waals surface area contributed by atoms with Gasteiger partial charge in [0.15, 0.2) is 0 Å². The first-order chi connectivity index (χ1) is 16.4. The Morgan fingerprint density at radius 2 is 1.56 bits per heavy atom. The molecule has 0 atom stereocenters. The molecule has 1 aliphatic heterocycles. The lowest BCUT2D eigenvalue weighted by Gasteiger charge is -2.32. The normalized spacial score (nSPS) is 14.1. The van der Waals surface area contributed by atoms with Crippen molar-refractivity contribution in [1.29, 1.82) is 0 Å². The standard InChI is InChI=1S/C27H27Cl2N3O2/c1-30-12-14-31(15-13-30)26(33)17-21-8-5-9-23(16-21)32(19-20-6-3-2-4-7-20)27(34)24-11-10-22(28)18-25(24)29/h2-11,16,18H,12-15,17,19H2,1H3. The minimum atomic E-state index is -0.229.